The molecule has 30 heavy (non-hydrogen) atoms. The van der Waals surface area contributed by atoms with Crippen molar-refractivity contribution < 1.29 is 9.47 Å². The van der Waals surface area contributed by atoms with Crippen LogP contribution in [-0.4, -0.2) is 26.3 Å². The molecule has 4 rings (SSSR count). The number of nitrogens with one attached hydrogen (secondary N) is 1. The lowest BCUT2D eigenvalue weighted by Crippen LogP contribution is -2.36. The molecule has 0 amide bonds. The molecule has 1 N–H and O–H groups in total. The van der Waals surface area contributed by atoms with Gasteiger partial charge in [-0.1, -0.05) is 57.9 Å². The zero-order valence-corrected chi connectivity index (χ0v) is 19.0. The van der Waals surface area contributed by atoms with Gasteiger partial charge in [0.25, 0.3) is 0 Å². The summed E-state index contributed by atoms with van der Waals surface area (Å²) in [6.07, 6.45) is 0. The molecular formula is C24H24BrClN2O2. The molecule has 0 spiro atoms. The number of hydrogen-bond donors (Lipinski definition) is 1. The van der Waals surface area contributed by atoms with Crippen LogP contribution in [0.25, 0.3) is 0 Å². The van der Waals surface area contributed by atoms with Gasteiger partial charge in [0.05, 0.1) is 23.9 Å². The van der Waals surface area contributed by atoms with E-state index in [1.807, 2.05) is 36.4 Å². The number of morpholine rings is 1. The number of rotatable bonds is 7. The van der Waals surface area contributed by atoms with E-state index in [1.165, 1.54) is 0 Å². The topological polar surface area (TPSA) is 33.7 Å². The number of benzene rings is 3. The molecule has 0 aliphatic carbocycles. The van der Waals surface area contributed by atoms with Crippen molar-refractivity contribution in [1.29, 1.82) is 0 Å². The summed E-state index contributed by atoms with van der Waals surface area (Å²) in [5.41, 5.74) is 4.25. The van der Waals surface area contributed by atoms with E-state index in [4.69, 9.17) is 21.1 Å². The van der Waals surface area contributed by atoms with E-state index in [1.54, 1.807) is 0 Å². The third-order valence-corrected chi connectivity index (χ3v) is 5.84. The summed E-state index contributed by atoms with van der Waals surface area (Å²) < 4.78 is 12.5. The summed E-state index contributed by atoms with van der Waals surface area (Å²) in [6, 6.07) is 22.4. The first-order valence-corrected chi connectivity index (χ1v) is 11.2. The van der Waals surface area contributed by atoms with Crippen LogP contribution in [-0.2, 0) is 17.9 Å². The van der Waals surface area contributed by atoms with E-state index >= 15 is 0 Å². The normalized spacial score (nSPS) is 13.9. The van der Waals surface area contributed by atoms with Crippen LogP contribution in [0.4, 0.5) is 11.4 Å². The average Bonchev–Trinajstić information content (AvgIpc) is 2.78. The quantitative estimate of drug-likeness (QED) is 0.435. The summed E-state index contributed by atoms with van der Waals surface area (Å²) in [4.78, 5) is 2.26. The van der Waals surface area contributed by atoms with E-state index in [0.29, 0.717) is 13.2 Å². The summed E-state index contributed by atoms with van der Waals surface area (Å²) in [6.45, 7) is 4.39. The van der Waals surface area contributed by atoms with Crippen LogP contribution >= 0.6 is 27.5 Å². The fraction of sp³-hybridized carbons (Fsp3) is 0.250. The predicted molar refractivity (Wildman–Crippen MR) is 127 cm³/mol. The minimum absolute atomic E-state index is 0.537. The molecule has 4 nitrogen and oxygen atoms in total. The molecule has 3 aromatic carbocycles. The highest BCUT2D eigenvalue weighted by molar-refractivity contribution is 9.10. The second kappa shape index (κ2) is 10.2. The Morgan fingerprint density at radius 1 is 1.00 bits per heavy atom. The van der Waals surface area contributed by atoms with Gasteiger partial charge in [-0.25, -0.2) is 0 Å². The minimum atomic E-state index is 0.537. The van der Waals surface area contributed by atoms with Gasteiger partial charge in [0, 0.05) is 35.4 Å². The zero-order chi connectivity index (χ0) is 20.8. The largest absolute Gasteiger partial charge is 0.489 e. The Kier molecular flexibility index (Phi) is 7.16. The van der Waals surface area contributed by atoms with Gasteiger partial charge in [0.2, 0.25) is 0 Å². The molecule has 1 aliphatic rings. The van der Waals surface area contributed by atoms with Crippen LogP contribution < -0.4 is 15.0 Å². The lowest BCUT2D eigenvalue weighted by Gasteiger charge is -2.29. The van der Waals surface area contributed by atoms with E-state index in [2.05, 4.69) is 56.5 Å². The molecule has 0 aromatic heterocycles. The molecule has 0 unspecified atom stereocenters. The second-order valence-electron chi connectivity index (χ2n) is 7.15. The molecule has 6 heteroatoms. The van der Waals surface area contributed by atoms with Crippen LogP contribution in [0.5, 0.6) is 5.75 Å². The Morgan fingerprint density at radius 3 is 2.57 bits per heavy atom. The van der Waals surface area contributed by atoms with Gasteiger partial charge in [0.15, 0.2) is 0 Å². The Hall–Kier alpha value is -2.21. The smallest absolute Gasteiger partial charge is 0.124 e. The standard InChI is InChI=1S/C24H24BrClN2O2/c25-20-6-9-24(30-17-18-4-2-1-3-5-18)19(14-20)16-27-21-7-8-23(22(26)15-21)28-10-12-29-13-11-28/h1-9,14-15,27H,10-13,16-17H2. The molecular weight excluding hydrogens is 464 g/mol. The van der Waals surface area contributed by atoms with Crippen molar-refractivity contribution in [2.45, 2.75) is 13.2 Å². The third kappa shape index (κ3) is 5.48. The van der Waals surface area contributed by atoms with Gasteiger partial charge in [-0.15, -0.1) is 0 Å². The fourth-order valence-electron chi connectivity index (χ4n) is 3.44. The van der Waals surface area contributed by atoms with Crippen molar-refractivity contribution >= 4 is 38.9 Å². The summed E-state index contributed by atoms with van der Waals surface area (Å²) in [7, 11) is 0. The van der Waals surface area contributed by atoms with Gasteiger partial charge in [-0.3, -0.25) is 0 Å². The number of hydrogen-bond acceptors (Lipinski definition) is 4. The second-order valence-corrected chi connectivity index (χ2v) is 8.47. The van der Waals surface area contributed by atoms with Crippen LogP contribution in [0.2, 0.25) is 5.02 Å². The summed E-state index contributed by atoms with van der Waals surface area (Å²) >= 11 is 10.1. The highest BCUT2D eigenvalue weighted by Crippen LogP contribution is 2.30. The average molecular weight is 488 g/mol. The first-order chi connectivity index (χ1) is 14.7. The maximum absolute atomic E-state index is 6.56. The van der Waals surface area contributed by atoms with Crippen molar-refractivity contribution in [2.75, 3.05) is 36.5 Å². The van der Waals surface area contributed by atoms with E-state index in [-0.39, 0.29) is 0 Å². The number of anilines is 2. The molecule has 0 radical (unpaired) electrons. The van der Waals surface area contributed by atoms with Crippen LogP contribution in [0, 0.1) is 0 Å². The first kappa shape index (κ1) is 21.0. The van der Waals surface area contributed by atoms with Crippen LogP contribution in [0.1, 0.15) is 11.1 Å². The summed E-state index contributed by atoms with van der Waals surface area (Å²) in [5.74, 6) is 0.866. The van der Waals surface area contributed by atoms with Crippen LogP contribution in [0.3, 0.4) is 0 Å². The Labute approximate surface area is 190 Å². The van der Waals surface area contributed by atoms with Gasteiger partial charge >= 0.3 is 0 Å². The molecule has 0 bridgehead atoms. The molecule has 1 aliphatic heterocycles. The maximum atomic E-state index is 6.56. The molecule has 1 saturated heterocycles. The van der Waals surface area contributed by atoms with Crippen molar-refractivity contribution in [3.05, 3.63) is 87.4 Å². The third-order valence-electron chi connectivity index (χ3n) is 5.04. The Morgan fingerprint density at radius 2 is 1.80 bits per heavy atom. The number of halogens is 2. The van der Waals surface area contributed by atoms with Crippen molar-refractivity contribution in [3.63, 3.8) is 0 Å². The maximum Gasteiger partial charge on any atom is 0.124 e. The lowest BCUT2D eigenvalue weighted by atomic mass is 10.2. The van der Waals surface area contributed by atoms with E-state index in [9.17, 15) is 0 Å². The van der Waals surface area contributed by atoms with Crippen LogP contribution in [0.15, 0.2) is 71.2 Å². The van der Waals surface area contributed by atoms with Crippen molar-refractivity contribution in [3.8, 4) is 5.75 Å². The molecule has 0 atom stereocenters. The van der Waals surface area contributed by atoms with Gasteiger partial charge in [-0.2, -0.15) is 0 Å². The van der Waals surface area contributed by atoms with Gasteiger partial charge < -0.3 is 19.7 Å². The monoisotopic (exact) mass is 486 g/mol. The predicted octanol–water partition coefficient (Wildman–Crippen LogP) is 6.13. The highest BCUT2D eigenvalue weighted by atomic mass is 79.9. The zero-order valence-electron chi connectivity index (χ0n) is 16.6. The highest BCUT2D eigenvalue weighted by Gasteiger charge is 2.14. The summed E-state index contributed by atoms with van der Waals surface area (Å²) in [5, 5.41) is 4.22. The number of nitrogens with zero attached hydrogens (tertiary/aromatic N) is 1. The van der Waals surface area contributed by atoms with Gasteiger partial charge in [-0.05, 0) is 42.0 Å². The Balaban J connectivity index is 1.42. The van der Waals surface area contributed by atoms with E-state index in [0.717, 1.165) is 64.0 Å². The SMILES string of the molecule is Clc1cc(NCc2cc(Br)ccc2OCc2ccccc2)ccc1N1CCOCC1. The molecule has 1 fully saturated rings. The fourth-order valence-corrected chi connectivity index (χ4v) is 4.15. The Bertz CT molecular complexity index is 978. The van der Waals surface area contributed by atoms with Crippen molar-refractivity contribution in [1.82, 2.24) is 0 Å². The molecule has 0 saturated carbocycles. The number of ether oxygens (including phenoxy) is 2. The molecule has 3 aromatic rings. The molecule has 1 heterocycles. The molecule has 156 valence electrons. The first-order valence-electron chi connectivity index (χ1n) is 10.0. The lowest BCUT2D eigenvalue weighted by molar-refractivity contribution is 0.122. The van der Waals surface area contributed by atoms with E-state index < -0.39 is 0 Å². The van der Waals surface area contributed by atoms with Crippen molar-refractivity contribution in [2.24, 2.45) is 0 Å². The van der Waals surface area contributed by atoms with Gasteiger partial charge in [0.1, 0.15) is 12.4 Å². The minimum Gasteiger partial charge on any atom is -0.489 e.